The van der Waals surface area contributed by atoms with Crippen LogP contribution in [-0.4, -0.2) is 10.8 Å². The molecule has 2 heteroatoms. The van der Waals surface area contributed by atoms with Crippen LogP contribution in [0.25, 0.3) is 0 Å². The Labute approximate surface area is 49.1 Å². The van der Waals surface area contributed by atoms with Crippen molar-refractivity contribution >= 4 is 6.26 Å². The van der Waals surface area contributed by atoms with E-state index in [0.29, 0.717) is 5.69 Å². The molecule has 0 aromatic carbocycles. The van der Waals surface area contributed by atoms with Crippen molar-refractivity contribution in [1.82, 2.24) is 4.57 Å². The predicted molar refractivity (Wildman–Crippen MR) is 30.8 cm³/mol. The average molecular weight is 110 g/mol. The van der Waals surface area contributed by atoms with Gasteiger partial charge in [-0.05, 0) is 12.1 Å². The molecule has 0 atom stereocenters. The van der Waals surface area contributed by atoms with Gasteiger partial charge in [0.05, 0.1) is 5.69 Å². The van der Waals surface area contributed by atoms with Crippen LogP contribution >= 0.6 is 0 Å². The van der Waals surface area contributed by atoms with Gasteiger partial charge >= 0.3 is 0 Å². The number of carbonyl (C=O) groups is 1. The van der Waals surface area contributed by atoms with Gasteiger partial charge in [0.15, 0.2) is 6.26 Å². The molecule has 8 heavy (non-hydrogen) atoms. The first-order valence-corrected chi connectivity index (χ1v) is 2.34. The zero-order valence-electron chi connectivity index (χ0n) is 5.59. The van der Waals surface area contributed by atoms with Crippen LogP contribution in [0.1, 0.15) is 11.9 Å². The highest BCUT2D eigenvalue weighted by molar-refractivity contribution is 5.72. The fourth-order valence-corrected chi connectivity index (χ4v) is 0.567. The van der Waals surface area contributed by atoms with E-state index in [9.17, 15) is 4.79 Å². The highest BCUT2D eigenvalue weighted by atomic mass is 16.1. The van der Waals surface area contributed by atoms with E-state index in [2.05, 4.69) is 0 Å². The van der Waals surface area contributed by atoms with Gasteiger partial charge in [-0.1, -0.05) is 0 Å². The van der Waals surface area contributed by atoms with Crippen molar-refractivity contribution in [2.45, 2.75) is 0 Å². The molecule has 0 fully saturated rings. The van der Waals surface area contributed by atoms with Crippen LogP contribution < -0.4 is 0 Å². The minimum atomic E-state index is -0.637. The molecule has 0 saturated heterocycles. The van der Waals surface area contributed by atoms with E-state index in [1.54, 1.807) is 29.9 Å². The molecule has 1 aromatic rings. The molecule has 1 heterocycles. The number of aromatic nitrogens is 1. The molecule has 0 unspecified atom stereocenters. The lowest BCUT2D eigenvalue weighted by Crippen LogP contribution is -1.90. The normalized spacial score (nSPS) is 10.9. The summed E-state index contributed by atoms with van der Waals surface area (Å²) in [5, 5.41) is 0. The fraction of sp³-hybridized carbons (Fsp3) is 0.167. The third kappa shape index (κ3) is 0.644. The number of aldehydes is 1. The van der Waals surface area contributed by atoms with Gasteiger partial charge in [-0.15, -0.1) is 0 Å². The standard InChI is InChI=1S/C6H7NO/c1-7-4-2-3-6(7)5-8/h2-5H,1H3/i5D. The molecular formula is C6H7NO. The molecule has 0 bridgehead atoms. The van der Waals surface area contributed by atoms with Crippen LogP contribution in [0, 0.1) is 0 Å². The third-order valence-corrected chi connectivity index (χ3v) is 1.05. The summed E-state index contributed by atoms with van der Waals surface area (Å²) < 4.78 is 8.34. The lowest BCUT2D eigenvalue weighted by Gasteiger charge is -1.88. The van der Waals surface area contributed by atoms with E-state index in [1.165, 1.54) is 0 Å². The van der Waals surface area contributed by atoms with Gasteiger partial charge in [0, 0.05) is 13.2 Å². The summed E-state index contributed by atoms with van der Waals surface area (Å²) in [6, 6.07) is 3.36. The molecule has 2 nitrogen and oxygen atoms in total. The zero-order valence-corrected chi connectivity index (χ0v) is 4.59. The van der Waals surface area contributed by atoms with Crippen molar-refractivity contribution in [1.29, 1.82) is 0 Å². The Morgan fingerprint density at radius 1 is 2.00 bits per heavy atom. The summed E-state index contributed by atoms with van der Waals surface area (Å²) in [7, 11) is 1.74. The van der Waals surface area contributed by atoms with Gasteiger partial charge in [-0.25, -0.2) is 0 Å². The topological polar surface area (TPSA) is 22.0 Å². The van der Waals surface area contributed by atoms with E-state index >= 15 is 0 Å². The zero-order chi connectivity index (χ0) is 6.85. The van der Waals surface area contributed by atoms with E-state index in [1.807, 2.05) is 0 Å². The maximum atomic E-state index is 10.4. The number of carbonyl (C=O) groups excluding carboxylic acids is 1. The van der Waals surface area contributed by atoms with Crippen molar-refractivity contribution in [2.24, 2.45) is 7.05 Å². The van der Waals surface area contributed by atoms with E-state index < -0.39 is 6.26 Å². The Hall–Kier alpha value is -1.05. The summed E-state index contributed by atoms with van der Waals surface area (Å²) in [4.78, 5) is 10.4. The number of hydrogen-bond acceptors (Lipinski definition) is 1. The summed E-state index contributed by atoms with van der Waals surface area (Å²) >= 11 is 0. The van der Waals surface area contributed by atoms with Gasteiger partial charge in [-0.2, -0.15) is 0 Å². The summed E-state index contributed by atoms with van der Waals surface area (Å²) in [6.07, 6.45) is 1.10. The smallest absolute Gasteiger partial charge is 0.166 e. The molecule has 0 aliphatic carbocycles. The van der Waals surface area contributed by atoms with Crippen molar-refractivity contribution in [2.75, 3.05) is 0 Å². The van der Waals surface area contributed by atoms with Crippen molar-refractivity contribution in [3.8, 4) is 0 Å². The Bertz CT molecular complexity index is 229. The largest absolute Gasteiger partial charge is 0.348 e. The first kappa shape index (κ1) is 3.89. The second-order valence-electron chi connectivity index (χ2n) is 1.61. The van der Waals surface area contributed by atoms with E-state index in [-0.39, 0.29) is 0 Å². The van der Waals surface area contributed by atoms with Gasteiger partial charge in [0.25, 0.3) is 0 Å². The molecule has 1 aromatic heterocycles. The highest BCUT2D eigenvalue weighted by Crippen LogP contribution is 1.92. The molecule has 0 aliphatic heterocycles. The Kier molecular flexibility index (Phi) is 0.886. The van der Waals surface area contributed by atoms with Crippen LogP contribution in [0.4, 0.5) is 0 Å². The fourth-order valence-electron chi connectivity index (χ4n) is 0.567. The maximum absolute atomic E-state index is 10.4. The highest BCUT2D eigenvalue weighted by Gasteiger charge is 1.89. The maximum Gasteiger partial charge on any atom is 0.166 e. The van der Waals surface area contributed by atoms with Gasteiger partial charge in [0.1, 0.15) is 1.37 Å². The first-order valence-electron chi connectivity index (χ1n) is 2.84. The first-order chi connectivity index (χ1) is 4.22. The molecule has 0 radical (unpaired) electrons. The van der Waals surface area contributed by atoms with Crippen LogP contribution in [0.15, 0.2) is 18.3 Å². The van der Waals surface area contributed by atoms with Crippen LogP contribution in [0.5, 0.6) is 0 Å². The van der Waals surface area contributed by atoms with E-state index in [0.717, 1.165) is 0 Å². The quantitative estimate of drug-likeness (QED) is 0.491. The predicted octanol–water partition coefficient (Wildman–Crippen LogP) is 0.838. The number of rotatable bonds is 1. The SMILES string of the molecule is [2H]C(=O)c1cccn1C. The van der Waals surface area contributed by atoms with Crippen molar-refractivity contribution in [3.63, 3.8) is 0 Å². The van der Waals surface area contributed by atoms with Crippen LogP contribution in [0.3, 0.4) is 0 Å². The Morgan fingerprint density at radius 2 is 2.75 bits per heavy atom. The minimum Gasteiger partial charge on any atom is -0.348 e. The molecule has 0 N–H and O–H groups in total. The monoisotopic (exact) mass is 110 g/mol. The lowest BCUT2D eigenvalue weighted by atomic mass is 10.5. The Morgan fingerprint density at radius 3 is 3.00 bits per heavy atom. The number of nitrogens with zero attached hydrogens (tertiary/aromatic N) is 1. The second-order valence-corrected chi connectivity index (χ2v) is 1.61. The molecule has 0 amide bonds. The third-order valence-electron chi connectivity index (χ3n) is 1.05. The molecule has 0 saturated carbocycles. The molecule has 0 aliphatic rings. The molecule has 1 rings (SSSR count). The summed E-state index contributed by atoms with van der Waals surface area (Å²) in [6.45, 7) is 0. The van der Waals surface area contributed by atoms with Crippen LogP contribution in [-0.2, 0) is 7.05 Å². The van der Waals surface area contributed by atoms with E-state index in [4.69, 9.17) is 1.37 Å². The van der Waals surface area contributed by atoms with Crippen molar-refractivity contribution in [3.05, 3.63) is 24.0 Å². The Balaban J connectivity index is 3.08. The van der Waals surface area contributed by atoms with Gasteiger partial charge in [-0.3, -0.25) is 4.79 Å². The van der Waals surface area contributed by atoms with Crippen LogP contribution in [0.2, 0.25) is 0 Å². The summed E-state index contributed by atoms with van der Waals surface area (Å²) in [5.41, 5.74) is 0.426. The molecule has 0 spiro atoms. The summed E-state index contributed by atoms with van der Waals surface area (Å²) in [5.74, 6) is 0. The lowest BCUT2D eigenvalue weighted by molar-refractivity contribution is 0.111. The second kappa shape index (κ2) is 1.82. The molecular weight excluding hydrogens is 102 g/mol. The number of hydrogen-bond donors (Lipinski definition) is 0. The van der Waals surface area contributed by atoms with Gasteiger partial charge in [0.2, 0.25) is 0 Å². The minimum absolute atomic E-state index is 0.426. The number of aryl methyl sites for hydroxylation is 1. The average Bonchev–Trinajstić information content (AvgIpc) is 2.13. The van der Waals surface area contributed by atoms with Crippen molar-refractivity contribution < 1.29 is 6.17 Å². The van der Waals surface area contributed by atoms with Gasteiger partial charge < -0.3 is 4.57 Å². The molecule has 42 valence electrons.